The van der Waals surface area contributed by atoms with Gasteiger partial charge in [0.2, 0.25) is 10.0 Å². The minimum Gasteiger partial charge on any atom is -0.395 e. The van der Waals surface area contributed by atoms with Gasteiger partial charge in [-0.15, -0.1) is 0 Å². The van der Waals surface area contributed by atoms with Crippen LogP contribution in [0.3, 0.4) is 0 Å². The summed E-state index contributed by atoms with van der Waals surface area (Å²) in [6.07, 6.45) is 4.61. The number of aliphatic hydroxyl groups is 1. The summed E-state index contributed by atoms with van der Waals surface area (Å²) in [5.74, 6) is -2.68. The third-order valence-electron chi connectivity index (χ3n) is 9.92. The molecule has 3 aliphatic heterocycles. The zero-order chi connectivity index (χ0) is 31.3. The molecule has 240 valence electrons. The zero-order valence-electron chi connectivity index (χ0n) is 25.3. The van der Waals surface area contributed by atoms with Crippen molar-refractivity contribution in [3.63, 3.8) is 0 Å². The highest BCUT2D eigenvalue weighted by Gasteiger charge is 2.45. The van der Waals surface area contributed by atoms with Crippen LogP contribution >= 0.6 is 0 Å². The van der Waals surface area contributed by atoms with E-state index in [1.807, 2.05) is 24.8 Å². The van der Waals surface area contributed by atoms with E-state index in [-0.39, 0.29) is 25.9 Å². The van der Waals surface area contributed by atoms with Crippen LogP contribution in [-0.2, 0) is 27.0 Å². The van der Waals surface area contributed by atoms with Crippen LogP contribution < -0.4 is 19.8 Å². The normalized spacial score (nSPS) is 23.8. The molecule has 44 heavy (non-hydrogen) atoms. The number of nitrogens with zero attached hydrogens (tertiary/aromatic N) is 3. The molecule has 0 radical (unpaired) electrons. The summed E-state index contributed by atoms with van der Waals surface area (Å²) in [6, 6.07) is 6.63. The Bertz CT molecular complexity index is 1530. The lowest BCUT2D eigenvalue weighted by atomic mass is 9.92. The highest BCUT2D eigenvalue weighted by atomic mass is 32.2. The van der Waals surface area contributed by atoms with Gasteiger partial charge in [0, 0.05) is 44.6 Å². The van der Waals surface area contributed by atoms with Crippen molar-refractivity contribution in [1.82, 2.24) is 4.98 Å². The number of benzene rings is 1. The average Bonchev–Trinajstić information content (AvgIpc) is 3.65. The number of hydrogen-bond acceptors (Lipinski definition) is 8. The fourth-order valence-corrected chi connectivity index (χ4v) is 7.46. The molecule has 1 unspecified atom stereocenters. The van der Waals surface area contributed by atoms with E-state index in [0.29, 0.717) is 47.0 Å². The second-order valence-electron chi connectivity index (χ2n) is 12.9. The maximum Gasteiger partial charge on any atom is 0.258 e. The van der Waals surface area contributed by atoms with Gasteiger partial charge in [0.1, 0.15) is 11.6 Å². The van der Waals surface area contributed by atoms with Crippen LogP contribution in [-0.4, -0.2) is 68.9 Å². The van der Waals surface area contributed by atoms with E-state index in [0.717, 1.165) is 37.1 Å². The topological polar surface area (TPSA) is 124 Å². The molecule has 1 spiro atoms. The van der Waals surface area contributed by atoms with Gasteiger partial charge in [-0.3, -0.25) is 9.52 Å². The fraction of sp³-hybridized carbons (Fsp3) is 0.613. The fourth-order valence-electron chi connectivity index (χ4n) is 6.63. The molecule has 13 heteroatoms. The number of pyridine rings is 1. The number of anilines is 4. The van der Waals surface area contributed by atoms with Gasteiger partial charge in [0.25, 0.3) is 11.8 Å². The number of aromatic nitrogens is 1. The number of aliphatic hydroxyl groups excluding tert-OH is 1. The van der Waals surface area contributed by atoms with Crippen molar-refractivity contribution in [1.29, 1.82) is 0 Å². The van der Waals surface area contributed by atoms with Gasteiger partial charge in [0.15, 0.2) is 0 Å². The summed E-state index contributed by atoms with van der Waals surface area (Å²) in [5, 5.41) is 12.1. The molecule has 10 nitrogen and oxygen atoms in total. The third-order valence-corrected chi connectivity index (χ3v) is 11.2. The summed E-state index contributed by atoms with van der Waals surface area (Å²) in [4.78, 5) is 22.7. The van der Waals surface area contributed by atoms with Crippen LogP contribution in [0.25, 0.3) is 0 Å². The molecule has 6 rings (SSSR count). The minimum atomic E-state index is -3.76. The first-order chi connectivity index (χ1) is 20.8. The molecule has 1 atom stereocenters. The number of hydrogen-bond donors (Lipinski definition) is 3. The maximum absolute atomic E-state index is 14.0. The van der Waals surface area contributed by atoms with Gasteiger partial charge < -0.3 is 25.0 Å². The first-order valence-electron chi connectivity index (χ1n) is 15.5. The van der Waals surface area contributed by atoms with Crippen LogP contribution in [0.15, 0.2) is 24.3 Å². The first-order valence-corrected chi connectivity index (χ1v) is 17.1. The number of nitrogens with one attached hydrogen (secondary N) is 2. The Morgan fingerprint density at radius 1 is 1.05 bits per heavy atom. The number of carbonyl (C=O) groups excluding carboxylic acids is 1. The van der Waals surface area contributed by atoms with Crippen molar-refractivity contribution in [2.75, 3.05) is 58.4 Å². The van der Waals surface area contributed by atoms with Gasteiger partial charge in [0.05, 0.1) is 41.5 Å². The molecule has 4 heterocycles. The van der Waals surface area contributed by atoms with Gasteiger partial charge >= 0.3 is 0 Å². The molecule has 0 bridgehead atoms. The number of carbonyl (C=O) groups is 1. The monoisotopic (exact) mass is 633 g/mol. The molecule has 2 saturated heterocycles. The van der Waals surface area contributed by atoms with Gasteiger partial charge in [-0.25, -0.2) is 22.2 Å². The number of halogens is 2. The van der Waals surface area contributed by atoms with E-state index in [9.17, 15) is 22.0 Å². The van der Waals surface area contributed by atoms with E-state index in [2.05, 4.69) is 14.9 Å². The second kappa shape index (κ2) is 11.4. The van der Waals surface area contributed by atoms with Crippen LogP contribution in [0.1, 0.15) is 80.3 Å². The molecule has 1 saturated carbocycles. The summed E-state index contributed by atoms with van der Waals surface area (Å²) in [7, 11) is -3.76. The largest absolute Gasteiger partial charge is 0.395 e. The summed E-state index contributed by atoms with van der Waals surface area (Å²) in [5.41, 5.74) is 2.85. The molecule has 3 N–H and O–H groups in total. The Morgan fingerprint density at radius 2 is 1.73 bits per heavy atom. The van der Waals surface area contributed by atoms with Gasteiger partial charge in [-0.2, -0.15) is 0 Å². The number of fused-ring (bicyclic) bond motifs is 1. The Labute approximate surface area is 257 Å². The summed E-state index contributed by atoms with van der Waals surface area (Å²) in [6.45, 7) is 5.62. The third kappa shape index (κ3) is 6.23. The molecule has 1 aromatic heterocycles. The van der Waals surface area contributed by atoms with Gasteiger partial charge in [-0.05, 0) is 74.3 Å². The SMILES string of the molecule is CCC1(C)OCc2c1cc(NC(=O)c1ccc(NS(=O)(=O)CCO)cc1N1CCC3(CC1)CC3)nc2N1CCC(F)(F)CC1. The Kier molecular flexibility index (Phi) is 8.02. The molecule has 1 aliphatic carbocycles. The Morgan fingerprint density at radius 3 is 2.36 bits per heavy atom. The lowest BCUT2D eigenvalue weighted by molar-refractivity contribution is -0.0261. The maximum atomic E-state index is 14.0. The van der Waals surface area contributed by atoms with Gasteiger partial charge in [-0.1, -0.05) is 6.92 Å². The average molecular weight is 634 g/mol. The molecule has 1 amide bonds. The molecule has 4 aliphatic rings. The Balaban J connectivity index is 1.32. The molecular formula is C31H41F2N5O5S. The first kappa shape index (κ1) is 31.0. The second-order valence-corrected chi connectivity index (χ2v) is 14.7. The standard InChI is InChI=1S/C31H41F2N5O5S/c1-3-29(2)24-19-26(34-27(23(24)20-43-29)38-14-10-31(32,33)11-15-38)35-28(40)22-5-4-21(36-44(41,42)17-16-39)18-25(22)37-12-8-30(6-7-30)9-13-37/h4-5,18-19,36,39H,3,6-17,20H2,1-2H3,(H,34,35,40). The Hall–Kier alpha value is -3.03. The predicted octanol–water partition coefficient (Wildman–Crippen LogP) is 4.84. The number of amides is 1. The molecular weight excluding hydrogens is 592 g/mol. The van der Waals surface area contributed by atoms with Crippen LogP contribution in [0.2, 0.25) is 0 Å². The molecule has 2 aromatic rings. The van der Waals surface area contributed by atoms with E-state index < -0.39 is 39.8 Å². The number of rotatable bonds is 9. The van der Waals surface area contributed by atoms with Crippen LogP contribution in [0.4, 0.5) is 31.8 Å². The van der Waals surface area contributed by atoms with Crippen molar-refractivity contribution in [2.24, 2.45) is 5.41 Å². The highest BCUT2D eigenvalue weighted by molar-refractivity contribution is 7.92. The zero-order valence-corrected chi connectivity index (χ0v) is 26.1. The summed E-state index contributed by atoms with van der Waals surface area (Å²) < 4.78 is 61.4. The minimum absolute atomic E-state index is 0.154. The quantitative estimate of drug-likeness (QED) is 0.359. The summed E-state index contributed by atoms with van der Waals surface area (Å²) >= 11 is 0. The van der Waals surface area contributed by atoms with E-state index in [4.69, 9.17) is 14.8 Å². The van der Waals surface area contributed by atoms with Crippen LogP contribution in [0, 0.1) is 5.41 Å². The van der Waals surface area contributed by atoms with Crippen molar-refractivity contribution in [3.05, 3.63) is 41.0 Å². The van der Waals surface area contributed by atoms with Crippen molar-refractivity contribution in [2.45, 2.75) is 76.9 Å². The van der Waals surface area contributed by atoms with E-state index in [1.54, 1.807) is 12.1 Å². The lowest BCUT2D eigenvalue weighted by Crippen LogP contribution is -2.40. The molecule has 1 aromatic carbocycles. The lowest BCUT2D eigenvalue weighted by Gasteiger charge is -2.35. The van der Waals surface area contributed by atoms with Crippen molar-refractivity contribution < 1.29 is 31.8 Å². The predicted molar refractivity (Wildman–Crippen MR) is 165 cm³/mol. The number of sulfonamides is 1. The smallest absolute Gasteiger partial charge is 0.258 e. The number of piperidine rings is 2. The van der Waals surface area contributed by atoms with E-state index >= 15 is 0 Å². The van der Waals surface area contributed by atoms with Crippen LogP contribution in [0.5, 0.6) is 0 Å². The van der Waals surface area contributed by atoms with E-state index in [1.165, 1.54) is 18.9 Å². The number of ether oxygens (including phenoxy) is 1. The van der Waals surface area contributed by atoms with Crippen molar-refractivity contribution >= 4 is 38.9 Å². The van der Waals surface area contributed by atoms with Crippen molar-refractivity contribution in [3.8, 4) is 0 Å². The number of alkyl halides is 2. The molecule has 3 fully saturated rings. The highest BCUT2D eigenvalue weighted by Crippen LogP contribution is 2.54.